The van der Waals surface area contributed by atoms with E-state index in [9.17, 15) is 0 Å². The number of hydrogen-bond acceptors (Lipinski definition) is 6. The SMILES string of the molecule is Cc1cc(C)cc(OCc2nnc(SCc3csc(-c4ccccc4Cl)n3)n2C)c1. The number of halogens is 1. The molecule has 0 N–H and O–H groups in total. The zero-order valence-corrected chi connectivity index (χ0v) is 19.3. The number of aryl methyl sites for hydroxylation is 2. The highest BCUT2D eigenvalue weighted by Gasteiger charge is 2.13. The summed E-state index contributed by atoms with van der Waals surface area (Å²) in [5, 5.41) is 13.1. The average molecular weight is 457 g/mol. The Morgan fingerprint density at radius 1 is 1.10 bits per heavy atom. The standard InChI is InChI=1S/C22H21ClN4OS2/c1-14-8-15(2)10-17(9-14)28-11-20-25-26-22(27(20)3)30-13-16-12-29-21(24-16)18-6-4-5-7-19(18)23/h4-10,12H,11,13H2,1-3H3. The molecule has 0 fully saturated rings. The quantitative estimate of drug-likeness (QED) is 0.315. The largest absolute Gasteiger partial charge is 0.486 e. The molecule has 0 aliphatic heterocycles. The normalized spacial score (nSPS) is 11.1. The van der Waals surface area contributed by atoms with Crippen molar-refractivity contribution in [3.63, 3.8) is 0 Å². The fourth-order valence-electron chi connectivity index (χ4n) is 3.03. The molecule has 154 valence electrons. The summed E-state index contributed by atoms with van der Waals surface area (Å²) in [5.41, 5.74) is 4.32. The minimum Gasteiger partial charge on any atom is -0.486 e. The number of nitrogens with zero attached hydrogens (tertiary/aromatic N) is 4. The van der Waals surface area contributed by atoms with Gasteiger partial charge in [-0.25, -0.2) is 4.98 Å². The molecule has 0 atom stereocenters. The smallest absolute Gasteiger partial charge is 0.191 e. The second-order valence-corrected chi connectivity index (χ2v) is 9.19. The van der Waals surface area contributed by atoms with Gasteiger partial charge in [-0.1, -0.05) is 47.6 Å². The van der Waals surface area contributed by atoms with Gasteiger partial charge in [-0.05, 0) is 43.2 Å². The molecule has 0 saturated carbocycles. The molecule has 0 aliphatic carbocycles. The van der Waals surface area contributed by atoms with Crippen LogP contribution in [0.15, 0.2) is 53.0 Å². The summed E-state index contributed by atoms with van der Waals surface area (Å²) in [6, 6.07) is 13.9. The van der Waals surface area contributed by atoms with E-state index in [0.717, 1.165) is 33.0 Å². The highest BCUT2D eigenvalue weighted by Crippen LogP contribution is 2.31. The van der Waals surface area contributed by atoms with Crippen molar-refractivity contribution in [2.45, 2.75) is 31.4 Å². The van der Waals surface area contributed by atoms with Crippen LogP contribution >= 0.6 is 34.7 Å². The van der Waals surface area contributed by atoms with Gasteiger partial charge in [-0.15, -0.1) is 21.5 Å². The Bertz CT molecular complexity index is 1150. The van der Waals surface area contributed by atoms with E-state index in [4.69, 9.17) is 21.3 Å². The van der Waals surface area contributed by atoms with Crippen molar-refractivity contribution >= 4 is 34.7 Å². The first-order valence-electron chi connectivity index (χ1n) is 9.41. The first-order chi connectivity index (χ1) is 14.5. The average Bonchev–Trinajstić information content (AvgIpc) is 3.31. The predicted molar refractivity (Wildman–Crippen MR) is 123 cm³/mol. The molecule has 0 saturated heterocycles. The third-order valence-electron chi connectivity index (χ3n) is 4.49. The van der Waals surface area contributed by atoms with Crippen LogP contribution in [0.1, 0.15) is 22.6 Å². The second-order valence-electron chi connectivity index (χ2n) is 6.98. The van der Waals surface area contributed by atoms with Gasteiger partial charge in [0.25, 0.3) is 0 Å². The van der Waals surface area contributed by atoms with Gasteiger partial charge in [0.05, 0.1) is 10.7 Å². The monoisotopic (exact) mass is 456 g/mol. The Kier molecular flexibility index (Phi) is 6.41. The first kappa shape index (κ1) is 20.9. The molecule has 2 aromatic heterocycles. The van der Waals surface area contributed by atoms with E-state index in [1.54, 1.807) is 23.1 Å². The van der Waals surface area contributed by atoms with Crippen molar-refractivity contribution in [3.8, 4) is 16.3 Å². The Balaban J connectivity index is 1.38. The molecular weight excluding hydrogens is 436 g/mol. The molecule has 4 rings (SSSR count). The number of thioether (sulfide) groups is 1. The zero-order valence-electron chi connectivity index (χ0n) is 16.9. The molecule has 5 nitrogen and oxygen atoms in total. The molecule has 0 bridgehead atoms. The Morgan fingerprint density at radius 2 is 1.87 bits per heavy atom. The zero-order chi connectivity index (χ0) is 21.1. The lowest BCUT2D eigenvalue weighted by Gasteiger charge is -2.08. The maximum absolute atomic E-state index is 6.28. The molecule has 4 aromatic rings. The molecule has 0 aliphatic rings. The molecule has 0 radical (unpaired) electrons. The summed E-state index contributed by atoms with van der Waals surface area (Å²) >= 11 is 9.49. The van der Waals surface area contributed by atoms with E-state index >= 15 is 0 Å². The van der Waals surface area contributed by atoms with Gasteiger partial charge in [0, 0.05) is 23.7 Å². The van der Waals surface area contributed by atoms with Gasteiger partial charge < -0.3 is 9.30 Å². The van der Waals surface area contributed by atoms with Crippen molar-refractivity contribution < 1.29 is 4.74 Å². The van der Waals surface area contributed by atoms with Crippen LogP contribution in [0.2, 0.25) is 5.02 Å². The highest BCUT2D eigenvalue weighted by molar-refractivity contribution is 7.98. The van der Waals surface area contributed by atoms with Crippen LogP contribution in [0.3, 0.4) is 0 Å². The minimum atomic E-state index is 0.375. The topological polar surface area (TPSA) is 52.8 Å². The van der Waals surface area contributed by atoms with Crippen molar-refractivity contribution in [3.05, 3.63) is 75.5 Å². The van der Waals surface area contributed by atoms with E-state index in [-0.39, 0.29) is 0 Å². The molecular formula is C22H21ClN4OS2. The van der Waals surface area contributed by atoms with E-state index in [0.29, 0.717) is 17.4 Å². The Labute approximate surface area is 189 Å². The molecule has 0 unspecified atom stereocenters. The van der Waals surface area contributed by atoms with E-state index in [1.165, 1.54) is 11.1 Å². The van der Waals surface area contributed by atoms with Crippen LogP contribution in [0.25, 0.3) is 10.6 Å². The lowest BCUT2D eigenvalue weighted by Crippen LogP contribution is -2.04. The van der Waals surface area contributed by atoms with Crippen LogP contribution in [-0.2, 0) is 19.4 Å². The molecule has 2 heterocycles. The Morgan fingerprint density at radius 3 is 2.63 bits per heavy atom. The van der Waals surface area contributed by atoms with Gasteiger partial charge >= 0.3 is 0 Å². The summed E-state index contributed by atoms with van der Waals surface area (Å²) in [6.45, 7) is 4.50. The van der Waals surface area contributed by atoms with Gasteiger partial charge in [0.15, 0.2) is 11.0 Å². The van der Waals surface area contributed by atoms with E-state index in [2.05, 4.69) is 35.5 Å². The highest BCUT2D eigenvalue weighted by atomic mass is 35.5. The maximum Gasteiger partial charge on any atom is 0.191 e. The summed E-state index contributed by atoms with van der Waals surface area (Å²) in [5.74, 6) is 2.34. The summed E-state index contributed by atoms with van der Waals surface area (Å²) < 4.78 is 7.89. The number of ether oxygens (including phenoxy) is 1. The number of aromatic nitrogens is 4. The van der Waals surface area contributed by atoms with Gasteiger partial charge in [0.1, 0.15) is 17.4 Å². The van der Waals surface area contributed by atoms with Gasteiger partial charge in [0.2, 0.25) is 0 Å². The second kappa shape index (κ2) is 9.20. The van der Waals surface area contributed by atoms with E-state index in [1.807, 2.05) is 48.0 Å². The molecule has 2 aromatic carbocycles. The lowest BCUT2D eigenvalue weighted by molar-refractivity contribution is 0.290. The minimum absolute atomic E-state index is 0.375. The van der Waals surface area contributed by atoms with Crippen molar-refractivity contribution in [2.24, 2.45) is 7.05 Å². The van der Waals surface area contributed by atoms with Crippen LogP contribution in [0.5, 0.6) is 5.75 Å². The fraction of sp³-hybridized carbons (Fsp3) is 0.227. The van der Waals surface area contributed by atoms with Gasteiger partial charge in [-0.3, -0.25) is 0 Å². The Hall–Kier alpha value is -2.35. The van der Waals surface area contributed by atoms with Crippen molar-refractivity contribution in [1.29, 1.82) is 0 Å². The number of benzene rings is 2. The van der Waals surface area contributed by atoms with Crippen LogP contribution < -0.4 is 4.74 Å². The summed E-state index contributed by atoms with van der Waals surface area (Å²) in [4.78, 5) is 4.72. The number of hydrogen-bond donors (Lipinski definition) is 0. The fourth-order valence-corrected chi connectivity index (χ4v) is 5.10. The lowest BCUT2D eigenvalue weighted by atomic mass is 10.1. The molecule has 0 amide bonds. The first-order valence-corrected chi connectivity index (χ1v) is 11.7. The van der Waals surface area contributed by atoms with E-state index < -0.39 is 0 Å². The molecule has 30 heavy (non-hydrogen) atoms. The maximum atomic E-state index is 6.28. The molecule has 8 heteroatoms. The van der Waals surface area contributed by atoms with Crippen LogP contribution in [-0.4, -0.2) is 19.7 Å². The van der Waals surface area contributed by atoms with Crippen LogP contribution in [0.4, 0.5) is 0 Å². The summed E-state index contributed by atoms with van der Waals surface area (Å²) in [7, 11) is 1.96. The predicted octanol–water partition coefficient (Wildman–Crippen LogP) is 6.08. The number of rotatable bonds is 7. The summed E-state index contributed by atoms with van der Waals surface area (Å²) in [6.07, 6.45) is 0. The van der Waals surface area contributed by atoms with Crippen molar-refractivity contribution in [1.82, 2.24) is 19.7 Å². The third kappa shape index (κ3) is 4.86. The van der Waals surface area contributed by atoms with Gasteiger partial charge in [-0.2, -0.15) is 0 Å². The third-order valence-corrected chi connectivity index (χ3v) is 6.80. The number of thiazole rings is 1. The van der Waals surface area contributed by atoms with Crippen molar-refractivity contribution in [2.75, 3.05) is 0 Å². The molecule has 0 spiro atoms. The van der Waals surface area contributed by atoms with Crippen LogP contribution in [0, 0.1) is 13.8 Å².